The number of hydrogen-bond donors (Lipinski definition) is 1. The summed E-state index contributed by atoms with van der Waals surface area (Å²) in [6, 6.07) is 10.3. The van der Waals surface area contributed by atoms with Gasteiger partial charge in [-0.25, -0.2) is 4.79 Å². The molecule has 0 atom stereocenters. The quantitative estimate of drug-likeness (QED) is 0.754. The fourth-order valence-electron chi connectivity index (χ4n) is 2.63. The highest BCUT2D eigenvalue weighted by Gasteiger charge is 2.24. The van der Waals surface area contributed by atoms with Crippen LogP contribution in [0.2, 0.25) is 0 Å². The number of thioether (sulfide) groups is 1. The van der Waals surface area contributed by atoms with E-state index in [-0.39, 0.29) is 18.0 Å². The Bertz CT molecular complexity index is 569. The van der Waals surface area contributed by atoms with E-state index in [1.807, 2.05) is 41.8 Å². The van der Waals surface area contributed by atoms with Crippen molar-refractivity contribution in [3.05, 3.63) is 41.3 Å². The standard InChI is InChI=1S/C19H26N2O3S/c1-2-24-19(23)21-12-8-17(9-13-21)20-18(22)11-15-25-14-10-16-6-4-3-5-7-16/h3-7,10,14,17H,2,8-9,11-13,15H2,1H3,(H,20,22). The summed E-state index contributed by atoms with van der Waals surface area (Å²) in [5, 5.41) is 5.09. The zero-order valence-electron chi connectivity index (χ0n) is 14.6. The van der Waals surface area contributed by atoms with Crippen LogP contribution in [0.25, 0.3) is 6.08 Å². The Balaban J connectivity index is 1.58. The molecule has 1 aromatic carbocycles. The van der Waals surface area contributed by atoms with Crippen LogP contribution in [0.1, 0.15) is 31.7 Å². The molecule has 0 spiro atoms. The molecule has 1 saturated heterocycles. The predicted octanol–water partition coefficient (Wildman–Crippen LogP) is 3.52. The minimum absolute atomic E-state index is 0.0789. The van der Waals surface area contributed by atoms with Crippen LogP contribution in [0.3, 0.4) is 0 Å². The van der Waals surface area contributed by atoms with E-state index in [0.717, 1.165) is 24.2 Å². The third-order valence-corrected chi connectivity index (χ3v) is 4.76. The van der Waals surface area contributed by atoms with Crippen LogP contribution in [-0.4, -0.2) is 48.4 Å². The van der Waals surface area contributed by atoms with Crippen LogP contribution in [0.15, 0.2) is 35.7 Å². The molecule has 1 fully saturated rings. The van der Waals surface area contributed by atoms with Gasteiger partial charge in [-0.1, -0.05) is 30.3 Å². The Labute approximate surface area is 153 Å². The second-order valence-corrected chi connectivity index (χ2v) is 6.88. The largest absolute Gasteiger partial charge is 0.450 e. The van der Waals surface area contributed by atoms with Crippen molar-refractivity contribution in [3.8, 4) is 0 Å². The molecule has 5 nitrogen and oxygen atoms in total. The maximum atomic E-state index is 12.0. The molecule has 0 aromatic heterocycles. The van der Waals surface area contributed by atoms with E-state index in [1.54, 1.807) is 23.6 Å². The van der Waals surface area contributed by atoms with Crippen molar-refractivity contribution in [3.63, 3.8) is 0 Å². The van der Waals surface area contributed by atoms with E-state index < -0.39 is 0 Å². The van der Waals surface area contributed by atoms with Gasteiger partial charge in [0, 0.05) is 31.3 Å². The van der Waals surface area contributed by atoms with E-state index in [9.17, 15) is 9.59 Å². The summed E-state index contributed by atoms with van der Waals surface area (Å²) in [7, 11) is 0. The van der Waals surface area contributed by atoms with E-state index in [2.05, 4.69) is 5.32 Å². The third-order valence-electron chi connectivity index (χ3n) is 3.99. The molecule has 6 heteroatoms. The topological polar surface area (TPSA) is 58.6 Å². The first-order chi connectivity index (χ1) is 12.2. The number of ether oxygens (including phenoxy) is 1. The number of likely N-dealkylation sites (tertiary alicyclic amines) is 1. The van der Waals surface area contributed by atoms with Crippen LogP contribution in [0.5, 0.6) is 0 Å². The summed E-state index contributed by atoms with van der Waals surface area (Å²) in [5.74, 6) is 0.840. The van der Waals surface area contributed by atoms with Gasteiger partial charge in [0.2, 0.25) is 5.91 Å². The summed E-state index contributed by atoms with van der Waals surface area (Å²) in [4.78, 5) is 25.4. The van der Waals surface area contributed by atoms with E-state index in [0.29, 0.717) is 26.1 Å². The minimum atomic E-state index is -0.256. The molecule has 2 rings (SSSR count). The number of piperidine rings is 1. The summed E-state index contributed by atoms with van der Waals surface area (Å²) in [6.07, 6.45) is 3.86. The van der Waals surface area contributed by atoms with Gasteiger partial charge in [-0.05, 0) is 36.8 Å². The summed E-state index contributed by atoms with van der Waals surface area (Å²) in [5.41, 5.74) is 1.16. The Hall–Kier alpha value is -1.95. The maximum absolute atomic E-state index is 12.0. The van der Waals surface area contributed by atoms with E-state index >= 15 is 0 Å². The minimum Gasteiger partial charge on any atom is -0.450 e. The van der Waals surface area contributed by atoms with Crippen molar-refractivity contribution in [2.75, 3.05) is 25.4 Å². The molecule has 0 radical (unpaired) electrons. The van der Waals surface area contributed by atoms with Crippen LogP contribution in [-0.2, 0) is 9.53 Å². The average Bonchev–Trinajstić information content (AvgIpc) is 2.63. The smallest absolute Gasteiger partial charge is 0.409 e. The van der Waals surface area contributed by atoms with Gasteiger partial charge in [0.1, 0.15) is 0 Å². The van der Waals surface area contributed by atoms with Crippen molar-refractivity contribution < 1.29 is 14.3 Å². The molecule has 1 aliphatic rings. The molecule has 1 aromatic rings. The van der Waals surface area contributed by atoms with Gasteiger partial charge in [0.25, 0.3) is 0 Å². The zero-order chi connectivity index (χ0) is 17.9. The molecule has 2 amide bonds. The van der Waals surface area contributed by atoms with Crippen molar-refractivity contribution in [1.82, 2.24) is 10.2 Å². The Morgan fingerprint density at radius 1 is 1.28 bits per heavy atom. The molecule has 25 heavy (non-hydrogen) atoms. The van der Waals surface area contributed by atoms with Crippen molar-refractivity contribution in [1.29, 1.82) is 0 Å². The van der Waals surface area contributed by atoms with Crippen molar-refractivity contribution in [2.45, 2.75) is 32.2 Å². The number of amides is 2. The Morgan fingerprint density at radius 3 is 2.68 bits per heavy atom. The van der Waals surface area contributed by atoms with Crippen molar-refractivity contribution in [2.24, 2.45) is 0 Å². The molecule has 0 aliphatic carbocycles. The Kier molecular flexibility index (Phi) is 8.39. The zero-order valence-corrected chi connectivity index (χ0v) is 15.5. The first-order valence-electron chi connectivity index (χ1n) is 8.73. The van der Waals surface area contributed by atoms with Gasteiger partial charge < -0.3 is 15.0 Å². The molecule has 0 bridgehead atoms. The third kappa shape index (κ3) is 7.22. The lowest BCUT2D eigenvalue weighted by Crippen LogP contribution is -2.46. The lowest BCUT2D eigenvalue weighted by atomic mass is 10.1. The molecule has 1 aliphatic heterocycles. The SMILES string of the molecule is CCOC(=O)N1CCC(NC(=O)CCSC=Cc2ccccc2)CC1. The molecule has 1 N–H and O–H groups in total. The highest BCUT2D eigenvalue weighted by atomic mass is 32.2. The fraction of sp³-hybridized carbons (Fsp3) is 0.474. The Morgan fingerprint density at radius 2 is 2.00 bits per heavy atom. The summed E-state index contributed by atoms with van der Waals surface area (Å²) >= 11 is 1.64. The van der Waals surface area contributed by atoms with Crippen LogP contribution in [0.4, 0.5) is 4.79 Å². The van der Waals surface area contributed by atoms with Crippen LogP contribution < -0.4 is 5.32 Å². The molecule has 136 valence electrons. The summed E-state index contributed by atoms with van der Waals surface area (Å²) in [6.45, 7) is 3.47. The van der Waals surface area contributed by atoms with E-state index in [1.165, 1.54) is 0 Å². The monoisotopic (exact) mass is 362 g/mol. The lowest BCUT2D eigenvalue weighted by molar-refractivity contribution is -0.121. The van der Waals surface area contributed by atoms with Crippen molar-refractivity contribution >= 4 is 29.8 Å². The number of nitrogens with one attached hydrogen (secondary N) is 1. The number of rotatable bonds is 7. The number of benzene rings is 1. The molecule has 0 saturated carbocycles. The first kappa shape index (κ1) is 19.4. The van der Waals surface area contributed by atoms with Gasteiger partial charge in [0.05, 0.1) is 6.61 Å². The highest BCUT2D eigenvalue weighted by Crippen LogP contribution is 2.13. The van der Waals surface area contributed by atoms with Crippen LogP contribution in [0, 0.1) is 0 Å². The van der Waals surface area contributed by atoms with Gasteiger partial charge in [-0.15, -0.1) is 11.8 Å². The van der Waals surface area contributed by atoms with Gasteiger partial charge in [-0.3, -0.25) is 4.79 Å². The molecular weight excluding hydrogens is 336 g/mol. The fourth-order valence-corrected chi connectivity index (χ4v) is 3.32. The first-order valence-corrected chi connectivity index (χ1v) is 9.78. The second kappa shape index (κ2) is 10.8. The summed E-state index contributed by atoms with van der Waals surface area (Å²) < 4.78 is 5.00. The molecule has 0 unspecified atom stereocenters. The van der Waals surface area contributed by atoms with E-state index in [4.69, 9.17) is 4.74 Å². The number of nitrogens with zero attached hydrogens (tertiary/aromatic N) is 1. The van der Waals surface area contributed by atoms with Gasteiger partial charge in [-0.2, -0.15) is 0 Å². The van der Waals surface area contributed by atoms with Crippen LogP contribution >= 0.6 is 11.8 Å². The second-order valence-electron chi connectivity index (χ2n) is 5.86. The van der Waals surface area contributed by atoms with Gasteiger partial charge in [0.15, 0.2) is 0 Å². The number of carbonyl (C=O) groups excluding carboxylic acids is 2. The lowest BCUT2D eigenvalue weighted by Gasteiger charge is -2.31. The molecule has 1 heterocycles. The predicted molar refractivity (Wildman–Crippen MR) is 102 cm³/mol. The highest BCUT2D eigenvalue weighted by molar-refractivity contribution is 8.02. The maximum Gasteiger partial charge on any atom is 0.409 e. The average molecular weight is 362 g/mol. The normalized spacial score (nSPS) is 15.3. The molecular formula is C19H26N2O3S. The number of hydrogen-bond acceptors (Lipinski definition) is 4. The number of carbonyl (C=O) groups is 2. The van der Waals surface area contributed by atoms with Gasteiger partial charge >= 0.3 is 6.09 Å².